The average Bonchev–Trinajstić information content (AvgIpc) is 2.62. The summed E-state index contributed by atoms with van der Waals surface area (Å²) in [5, 5.41) is 5.76. The monoisotopic (exact) mass is 323 g/mol. The third-order valence-corrected chi connectivity index (χ3v) is 3.70. The first-order valence-corrected chi connectivity index (χ1v) is 7.39. The van der Waals surface area contributed by atoms with Crippen molar-refractivity contribution in [2.24, 2.45) is 0 Å². The smallest absolute Gasteiger partial charge is 0.325 e. The van der Waals surface area contributed by atoms with Crippen LogP contribution in [-0.4, -0.2) is 34.8 Å². The topological polar surface area (TPSA) is 78.5 Å². The molecule has 0 aliphatic carbocycles. The highest BCUT2D eigenvalue weighted by molar-refractivity contribution is 6.30. The predicted octanol–water partition coefficient (Wildman–Crippen LogP) is 1.68. The first-order valence-electron chi connectivity index (χ1n) is 7.01. The number of benzene rings is 1. The molecule has 4 amide bonds. The number of imide groups is 1. The number of halogens is 1. The summed E-state index contributed by atoms with van der Waals surface area (Å²) in [5.74, 6) is -0.688. The number of hydrogen-bond acceptors (Lipinski definition) is 3. The SMILES string of the molecule is CCNC(=O)CC1(C)NC(=O)N(Cc2cccc(Cl)c2)C1=O. The molecule has 1 unspecified atom stereocenters. The summed E-state index contributed by atoms with van der Waals surface area (Å²) in [7, 11) is 0. The minimum Gasteiger partial charge on any atom is -0.356 e. The molecular formula is C15H18ClN3O3. The first kappa shape index (κ1) is 16.3. The highest BCUT2D eigenvalue weighted by Crippen LogP contribution is 2.23. The van der Waals surface area contributed by atoms with Crippen molar-refractivity contribution in [2.75, 3.05) is 6.54 Å². The third kappa shape index (κ3) is 3.39. The number of hydrogen-bond donors (Lipinski definition) is 2. The summed E-state index contributed by atoms with van der Waals surface area (Å²) < 4.78 is 0. The molecule has 2 N–H and O–H groups in total. The number of urea groups is 1. The lowest BCUT2D eigenvalue weighted by Gasteiger charge is -2.21. The fourth-order valence-corrected chi connectivity index (χ4v) is 2.62. The number of nitrogens with one attached hydrogen (secondary N) is 2. The van der Waals surface area contributed by atoms with Crippen molar-refractivity contribution >= 4 is 29.4 Å². The summed E-state index contributed by atoms with van der Waals surface area (Å²) in [6.07, 6.45) is -0.0859. The molecule has 1 aliphatic heterocycles. The highest BCUT2D eigenvalue weighted by atomic mass is 35.5. The van der Waals surface area contributed by atoms with Crippen molar-refractivity contribution in [2.45, 2.75) is 32.4 Å². The van der Waals surface area contributed by atoms with Crippen LogP contribution in [0.25, 0.3) is 0 Å². The Kier molecular flexibility index (Phi) is 4.71. The van der Waals surface area contributed by atoms with Crippen LogP contribution in [0, 0.1) is 0 Å². The Hall–Kier alpha value is -2.08. The van der Waals surface area contributed by atoms with Crippen molar-refractivity contribution in [1.29, 1.82) is 0 Å². The van der Waals surface area contributed by atoms with E-state index in [1.165, 1.54) is 0 Å². The van der Waals surface area contributed by atoms with Gasteiger partial charge < -0.3 is 10.6 Å². The molecule has 2 rings (SSSR count). The van der Waals surface area contributed by atoms with Gasteiger partial charge in [0.1, 0.15) is 5.54 Å². The largest absolute Gasteiger partial charge is 0.356 e. The van der Waals surface area contributed by atoms with Gasteiger partial charge in [-0.15, -0.1) is 0 Å². The van der Waals surface area contributed by atoms with Crippen molar-refractivity contribution in [1.82, 2.24) is 15.5 Å². The zero-order valence-corrected chi connectivity index (χ0v) is 13.2. The third-order valence-electron chi connectivity index (χ3n) is 3.46. The molecule has 1 aliphatic rings. The molecule has 0 aromatic heterocycles. The van der Waals surface area contributed by atoms with Crippen molar-refractivity contribution in [3.63, 3.8) is 0 Å². The standard InChI is InChI=1S/C15H18ClN3O3/c1-3-17-12(20)8-15(2)13(21)19(14(22)18-15)9-10-5-4-6-11(16)7-10/h4-7H,3,8-9H2,1-2H3,(H,17,20)(H,18,22). The summed E-state index contributed by atoms with van der Waals surface area (Å²) in [6.45, 7) is 3.95. The lowest BCUT2D eigenvalue weighted by Crippen LogP contribution is -2.47. The van der Waals surface area contributed by atoms with Crippen LogP contribution in [0.1, 0.15) is 25.8 Å². The van der Waals surface area contributed by atoms with Crippen LogP contribution in [-0.2, 0) is 16.1 Å². The van der Waals surface area contributed by atoms with Crippen LogP contribution in [0.4, 0.5) is 4.79 Å². The molecule has 6 nitrogen and oxygen atoms in total. The van der Waals surface area contributed by atoms with Gasteiger partial charge in [-0.1, -0.05) is 23.7 Å². The summed E-state index contributed by atoms with van der Waals surface area (Å²) >= 11 is 5.91. The number of nitrogens with zero attached hydrogens (tertiary/aromatic N) is 1. The zero-order chi connectivity index (χ0) is 16.3. The minimum atomic E-state index is -1.21. The van der Waals surface area contributed by atoms with Crippen molar-refractivity contribution in [3.8, 4) is 0 Å². The zero-order valence-electron chi connectivity index (χ0n) is 12.5. The number of carbonyl (C=O) groups excluding carboxylic acids is 3. The van der Waals surface area contributed by atoms with Gasteiger partial charge in [0.25, 0.3) is 5.91 Å². The van der Waals surface area contributed by atoms with Crippen LogP contribution in [0.5, 0.6) is 0 Å². The maximum absolute atomic E-state index is 12.5. The predicted molar refractivity (Wildman–Crippen MR) is 82.2 cm³/mol. The molecule has 1 aromatic carbocycles. The second-order valence-electron chi connectivity index (χ2n) is 5.41. The van der Waals surface area contributed by atoms with Gasteiger partial charge in [0, 0.05) is 11.6 Å². The van der Waals surface area contributed by atoms with Gasteiger partial charge in [0.05, 0.1) is 13.0 Å². The molecule has 22 heavy (non-hydrogen) atoms. The second kappa shape index (κ2) is 6.36. The summed E-state index contributed by atoms with van der Waals surface area (Å²) in [4.78, 5) is 37.4. The Bertz CT molecular complexity index is 620. The van der Waals surface area contributed by atoms with Gasteiger partial charge in [-0.2, -0.15) is 0 Å². The van der Waals surface area contributed by atoms with E-state index in [-0.39, 0.29) is 18.9 Å². The molecule has 7 heteroatoms. The Labute approximate surface area is 133 Å². The summed E-state index contributed by atoms with van der Waals surface area (Å²) in [6, 6.07) is 6.45. The number of amides is 4. The average molecular weight is 324 g/mol. The van der Waals surface area contributed by atoms with E-state index < -0.39 is 17.5 Å². The van der Waals surface area contributed by atoms with Gasteiger partial charge in [0.2, 0.25) is 5.91 Å². The molecular weight excluding hydrogens is 306 g/mol. The highest BCUT2D eigenvalue weighted by Gasteiger charge is 2.48. The van der Waals surface area contributed by atoms with E-state index in [0.29, 0.717) is 11.6 Å². The minimum absolute atomic E-state index is 0.0859. The van der Waals surface area contributed by atoms with Crippen LogP contribution < -0.4 is 10.6 Å². The van der Waals surface area contributed by atoms with E-state index in [0.717, 1.165) is 10.5 Å². The van der Waals surface area contributed by atoms with Crippen molar-refractivity contribution < 1.29 is 14.4 Å². The Morgan fingerprint density at radius 3 is 2.77 bits per heavy atom. The molecule has 1 fully saturated rings. The van der Waals surface area contributed by atoms with Gasteiger partial charge in [-0.3, -0.25) is 14.5 Å². The lowest BCUT2D eigenvalue weighted by molar-refractivity contribution is -0.134. The normalized spacial score (nSPS) is 21.0. The quantitative estimate of drug-likeness (QED) is 0.809. The van der Waals surface area contributed by atoms with Gasteiger partial charge >= 0.3 is 6.03 Å². The lowest BCUT2D eigenvalue weighted by atomic mass is 9.97. The molecule has 0 bridgehead atoms. The fraction of sp³-hybridized carbons (Fsp3) is 0.400. The van der Waals surface area contributed by atoms with Crippen LogP contribution >= 0.6 is 11.6 Å². The van der Waals surface area contributed by atoms with Crippen LogP contribution in [0.15, 0.2) is 24.3 Å². The van der Waals surface area contributed by atoms with Gasteiger partial charge in [-0.05, 0) is 31.5 Å². The molecule has 0 saturated carbocycles. The van der Waals surface area contributed by atoms with E-state index in [9.17, 15) is 14.4 Å². The Balaban J connectivity index is 2.13. The van der Waals surface area contributed by atoms with Gasteiger partial charge in [-0.25, -0.2) is 4.79 Å². The number of rotatable bonds is 5. The maximum atomic E-state index is 12.5. The summed E-state index contributed by atoms with van der Waals surface area (Å²) in [5.41, 5.74) is -0.465. The number of carbonyl (C=O) groups is 3. The molecule has 0 radical (unpaired) electrons. The van der Waals surface area contributed by atoms with Gasteiger partial charge in [0.15, 0.2) is 0 Å². The van der Waals surface area contributed by atoms with E-state index in [2.05, 4.69) is 10.6 Å². The van der Waals surface area contributed by atoms with Crippen LogP contribution in [0.2, 0.25) is 5.02 Å². The van der Waals surface area contributed by atoms with E-state index in [1.807, 2.05) is 0 Å². The van der Waals surface area contributed by atoms with Crippen LogP contribution in [0.3, 0.4) is 0 Å². The molecule has 1 atom stereocenters. The van der Waals surface area contributed by atoms with E-state index in [1.54, 1.807) is 38.1 Å². The molecule has 0 spiro atoms. The Morgan fingerprint density at radius 2 is 2.14 bits per heavy atom. The molecule has 1 heterocycles. The first-order chi connectivity index (χ1) is 10.4. The van der Waals surface area contributed by atoms with Crippen molar-refractivity contribution in [3.05, 3.63) is 34.9 Å². The second-order valence-corrected chi connectivity index (χ2v) is 5.85. The molecule has 1 aromatic rings. The molecule has 1 saturated heterocycles. The molecule has 118 valence electrons. The van der Waals surface area contributed by atoms with E-state index in [4.69, 9.17) is 11.6 Å². The Morgan fingerprint density at radius 1 is 1.41 bits per heavy atom. The maximum Gasteiger partial charge on any atom is 0.325 e. The van der Waals surface area contributed by atoms with E-state index >= 15 is 0 Å². The fourth-order valence-electron chi connectivity index (χ4n) is 2.41.